The summed E-state index contributed by atoms with van der Waals surface area (Å²) in [5, 5.41) is 4.08. The van der Waals surface area contributed by atoms with Crippen molar-refractivity contribution in [3.05, 3.63) is 33.4 Å². The highest BCUT2D eigenvalue weighted by Gasteiger charge is 2.55. The highest BCUT2D eigenvalue weighted by Crippen LogP contribution is 2.67. The van der Waals surface area contributed by atoms with Crippen molar-refractivity contribution in [1.29, 1.82) is 0 Å². The molecule has 6 heteroatoms. The quantitative estimate of drug-likeness (QED) is 0.558. The number of thioether (sulfide) groups is 3. The predicted molar refractivity (Wildman–Crippen MR) is 120 cm³/mol. The van der Waals surface area contributed by atoms with Crippen molar-refractivity contribution < 1.29 is 0 Å². The number of hydrogen-bond acceptors (Lipinski definition) is 6. The number of benzene rings is 1. The normalized spacial score (nSPS) is 38.1. The fourth-order valence-electron chi connectivity index (χ4n) is 6.79. The van der Waals surface area contributed by atoms with E-state index in [1.165, 1.54) is 15.1 Å². The van der Waals surface area contributed by atoms with Crippen molar-refractivity contribution >= 4 is 50.4 Å². The molecule has 0 spiro atoms. The lowest BCUT2D eigenvalue weighted by Crippen LogP contribution is -2.20. The minimum absolute atomic E-state index is 0.361. The fourth-order valence-corrected chi connectivity index (χ4v) is 8.98. The zero-order valence-corrected chi connectivity index (χ0v) is 18.1. The standard InChI is InChI=1S/C21H21N3S3/c1-25-19-7-4-11-17-13(7)16-10(22-19)5-8-14(16)18-12(24-20(8)26-2)6-9(15(17)18)21(23-11)27-3/h7-12H,4-6H2,1-3H3/t7-,8-,9-,10+,11+,12+/m1/s1. The minimum atomic E-state index is 0.361. The maximum absolute atomic E-state index is 5.29. The molecule has 0 N–H and O–H groups in total. The van der Waals surface area contributed by atoms with Gasteiger partial charge in [0.25, 0.3) is 0 Å². The Bertz CT molecular complexity index is 874. The summed E-state index contributed by atoms with van der Waals surface area (Å²) in [5.41, 5.74) is 9.85. The second kappa shape index (κ2) is 5.25. The van der Waals surface area contributed by atoms with Gasteiger partial charge in [-0.15, -0.1) is 35.3 Å². The molecule has 3 heterocycles. The van der Waals surface area contributed by atoms with E-state index in [1.54, 1.807) is 33.4 Å². The molecule has 0 saturated carbocycles. The van der Waals surface area contributed by atoms with Gasteiger partial charge in [-0.05, 0) is 71.4 Å². The lowest BCUT2D eigenvalue weighted by molar-refractivity contribution is 0.646. The third-order valence-electron chi connectivity index (χ3n) is 7.53. The molecule has 7 rings (SSSR count). The number of rotatable bonds is 0. The Balaban J connectivity index is 1.61. The zero-order valence-electron chi connectivity index (χ0n) is 15.7. The first-order valence-electron chi connectivity index (χ1n) is 9.83. The summed E-state index contributed by atoms with van der Waals surface area (Å²) in [7, 11) is 0. The van der Waals surface area contributed by atoms with E-state index in [2.05, 4.69) is 18.8 Å². The number of aliphatic imine (C=N–C) groups is 3. The highest BCUT2D eigenvalue weighted by molar-refractivity contribution is 8.14. The second-order valence-corrected chi connectivity index (χ2v) is 10.9. The topological polar surface area (TPSA) is 37.1 Å². The third kappa shape index (κ3) is 1.72. The van der Waals surface area contributed by atoms with Crippen LogP contribution in [0.5, 0.6) is 0 Å². The van der Waals surface area contributed by atoms with Crippen LogP contribution in [0, 0.1) is 0 Å². The fraction of sp³-hybridized carbons (Fsp3) is 0.571. The van der Waals surface area contributed by atoms with E-state index in [1.807, 2.05) is 35.3 Å². The SMILES string of the molecule is CSC1=N[C@H]2C[C@H]3C(SC)=N[C@H]4C[C@H]5C(SC)=N[C@H]6C[C@@H]1c1c6c5c4c3c12. The van der Waals surface area contributed by atoms with Gasteiger partial charge < -0.3 is 0 Å². The van der Waals surface area contributed by atoms with Gasteiger partial charge in [-0.25, -0.2) is 0 Å². The van der Waals surface area contributed by atoms with Gasteiger partial charge in [0.15, 0.2) is 0 Å². The van der Waals surface area contributed by atoms with Crippen molar-refractivity contribution in [2.24, 2.45) is 15.0 Å². The number of hydrogen-bond donors (Lipinski definition) is 0. The molecule has 0 radical (unpaired) electrons. The Labute approximate surface area is 172 Å². The maximum Gasteiger partial charge on any atom is 0.0774 e. The van der Waals surface area contributed by atoms with E-state index >= 15 is 0 Å². The van der Waals surface area contributed by atoms with Crippen LogP contribution in [-0.2, 0) is 0 Å². The molecule has 3 aliphatic heterocycles. The van der Waals surface area contributed by atoms with Gasteiger partial charge in [0.2, 0.25) is 0 Å². The van der Waals surface area contributed by atoms with Gasteiger partial charge >= 0.3 is 0 Å². The molecule has 0 fully saturated rings. The summed E-state index contributed by atoms with van der Waals surface area (Å²) < 4.78 is 0. The van der Waals surface area contributed by atoms with Crippen LogP contribution in [-0.4, -0.2) is 33.9 Å². The van der Waals surface area contributed by atoms with E-state index in [9.17, 15) is 0 Å². The van der Waals surface area contributed by atoms with E-state index in [0.29, 0.717) is 35.9 Å². The van der Waals surface area contributed by atoms with Crippen LogP contribution in [0.15, 0.2) is 15.0 Å². The summed E-state index contributed by atoms with van der Waals surface area (Å²) in [4.78, 5) is 15.9. The molecular weight excluding hydrogens is 390 g/mol. The zero-order chi connectivity index (χ0) is 18.0. The van der Waals surface area contributed by atoms with Crippen molar-refractivity contribution in [3.63, 3.8) is 0 Å². The second-order valence-electron chi connectivity index (χ2n) is 8.41. The van der Waals surface area contributed by atoms with Gasteiger partial charge in [0.05, 0.1) is 33.3 Å². The first-order chi connectivity index (χ1) is 13.2. The molecule has 0 aromatic heterocycles. The predicted octanol–water partition coefficient (Wildman–Crippen LogP) is 5.60. The van der Waals surface area contributed by atoms with Crippen LogP contribution in [0.25, 0.3) is 0 Å². The van der Waals surface area contributed by atoms with Crippen molar-refractivity contribution in [1.82, 2.24) is 0 Å². The Kier molecular flexibility index (Phi) is 3.13. The van der Waals surface area contributed by atoms with E-state index in [0.717, 1.165) is 19.3 Å². The molecule has 6 aliphatic rings. The Morgan fingerprint density at radius 1 is 0.519 bits per heavy atom. The Morgan fingerprint density at radius 3 is 1.07 bits per heavy atom. The molecule has 1 aromatic carbocycles. The summed E-state index contributed by atoms with van der Waals surface area (Å²) in [6.45, 7) is 0. The average Bonchev–Trinajstić information content (AvgIpc) is 3.35. The van der Waals surface area contributed by atoms with Crippen molar-refractivity contribution in [3.8, 4) is 0 Å². The largest absolute Gasteiger partial charge is 0.274 e. The third-order valence-corrected chi connectivity index (χ3v) is 9.96. The first-order valence-corrected chi connectivity index (χ1v) is 13.5. The molecule has 1 aromatic rings. The minimum Gasteiger partial charge on any atom is -0.274 e. The summed E-state index contributed by atoms with van der Waals surface area (Å²) >= 11 is 5.61. The van der Waals surface area contributed by atoms with Gasteiger partial charge in [0.1, 0.15) is 0 Å². The molecule has 3 aliphatic carbocycles. The van der Waals surface area contributed by atoms with Crippen LogP contribution in [0.4, 0.5) is 0 Å². The molecule has 6 atom stereocenters. The summed E-state index contributed by atoms with van der Waals surface area (Å²) in [6, 6.07) is 1.08. The smallest absolute Gasteiger partial charge is 0.0774 e. The molecule has 138 valence electrons. The summed E-state index contributed by atoms with van der Waals surface area (Å²) in [5.74, 6) is 1.48. The van der Waals surface area contributed by atoms with Gasteiger partial charge in [0, 0.05) is 17.8 Å². The van der Waals surface area contributed by atoms with E-state index < -0.39 is 0 Å². The molecule has 0 unspecified atom stereocenters. The Hall–Kier alpha value is -0.720. The molecular formula is C21H21N3S3. The van der Waals surface area contributed by atoms with Crippen molar-refractivity contribution in [2.45, 2.75) is 55.1 Å². The van der Waals surface area contributed by atoms with Gasteiger partial charge in [-0.1, -0.05) is 0 Å². The van der Waals surface area contributed by atoms with E-state index in [4.69, 9.17) is 15.0 Å². The lowest BCUT2D eigenvalue weighted by Gasteiger charge is -2.30. The van der Waals surface area contributed by atoms with Gasteiger partial charge in [-0.3, -0.25) is 15.0 Å². The molecule has 0 bridgehead atoms. The molecule has 3 nitrogen and oxygen atoms in total. The summed E-state index contributed by atoms with van der Waals surface area (Å²) in [6.07, 6.45) is 10.0. The molecule has 27 heavy (non-hydrogen) atoms. The van der Waals surface area contributed by atoms with Crippen LogP contribution in [0.3, 0.4) is 0 Å². The van der Waals surface area contributed by atoms with E-state index in [-0.39, 0.29) is 0 Å². The van der Waals surface area contributed by atoms with Crippen LogP contribution in [0.2, 0.25) is 0 Å². The van der Waals surface area contributed by atoms with Gasteiger partial charge in [-0.2, -0.15) is 0 Å². The maximum atomic E-state index is 5.29. The first kappa shape index (κ1) is 16.1. The highest BCUT2D eigenvalue weighted by atomic mass is 32.2. The monoisotopic (exact) mass is 411 g/mol. The Morgan fingerprint density at radius 2 is 0.815 bits per heavy atom. The van der Waals surface area contributed by atoms with Crippen molar-refractivity contribution in [2.75, 3.05) is 18.8 Å². The number of nitrogens with zero attached hydrogens (tertiary/aromatic N) is 3. The van der Waals surface area contributed by atoms with Crippen LogP contribution < -0.4 is 0 Å². The lowest BCUT2D eigenvalue weighted by atomic mass is 9.80. The average molecular weight is 412 g/mol. The molecule has 0 amide bonds. The van der Waals surface area contributed by atoms with Crippen LogP contribution >= 0.6 is 35.3 Å². The molecule has 0 saturated heterocycles. The van der Waals surface area contributed by atoms with Crippen LogP contribution in [0.1, 0.15) is 88.5 Å².